The first-order chi connectivity index (χ1) is 21.4. The summed E-state index contributed by atoms with van der Waals surface area (Å²) in [7, 11) is 0. The van der Waals surface area contributed by atoms with Gasteiger partial charge in [-0.15, -0.1) is 6.42 Å². The minimum absolute atomic E-state index is 0.0421. The Balaban J connectivity index is 1.37. The van der Waals surface area contributed by atoms with E-state index in [2.05, 4.69) is 16.2 Å². The van der Waals surface area contributed by atoms with E-state index in [-0.39, 0.29) is 56.7 Å². The first-order valence-corrected chi connectivity index (χ1v) is 14.4. The van der Waals surface area contributed by atoms with Gasteiger partial charge in [-0.2, -0.15) is 5.01 Å². The molecule has 2 aliphatic heterocycles. The van der Waals surface area contributed by atoms with Gasteiger partial charge in [0.1, 0.15) is 18.0 Å². The highest BCUT2D eigenvalue weighted by Gasteiger charge is 2.51. The Hall–Kier alpha value is -5.40. The Morgan fingerprint density at radius 2 is 1.77 bits per heavy atom. The van der Waals surface area contributed by atoms with Gasteiger partial charge in [-0.3, -0.25) is 14.6 Å². The monoisotopic (exact) mass is 588 g/mol. The third-order valence-corrected chi connectivity index (χ3v) is 8.06. The number of benzene rings is 3. The number of pyridine rings is 1. The first-order valence-electron chi connectivity index (χ1n) is 14.4. The molecule has 2 fully saturated rings. The summed E-state index contributed by atoms with van der Waals surface area (Å²) in [6, 6.07) is 24.4. The SMILES string of the molecule is C#CCN1CC(=O)N2C(Cc3ccc(O)cc3)C(=O)N(Cc3cccc4ncccc34)CC2N1C(=O)NCc1ccccc1. The van der Waals surface area contributed by atoms with Gasteiger partial charge in [0.25, 0.3) is 0 Å². The lowest BCUT2D eigenvalue weighted by atomic mass is 9.98. The Bertz CT molecular complexity index is 1720. The van der Waals surface area contributed by atoms with Gasteiger partial charge in [-0.1, -0.05) is 66.6 Å². The van der Waals surface area contributed by atoms with E-state index >= 15 is 0 Å². The summed E-state index contributed by atoms with van der Waals surface area (Å²) in [5, 5.41) is 16.8. The number of nitrogens with one attached hydrogen (secondary N) is 1. The number of carbonyl (C=O) groups is 3. The molecule has 44 heavy (non-hydrogen) atoms. The number of rotatable bonds is 7. The van der Waals surface area contributed by atoms with E-state index < -0.39 is 18.2 Å². The number of hydrazine groups is 1. The zero-order valence-electron chi connectivity index (χ0n) is 24.0. The third kappa shape index (κ3) is 5.78. The molecule has 222 valence electrons. The lowest BCUT2D eigenvalue weighted by Crippen LogP contribution is -2.76. The molecule has 3 heterocycles. The van der Waals surface area contributed by atoms with Crippen LogP contribution in [-0.4, -0.2) is 79.6 Å². The van der Waals surface area contributed by atoms with Crippen LogP contribution in [0.5, 0.6) is 5.75 Å². The van der Waals surface area contributed by atoms with E-state index in [1.54, 1.807) is 40.4 Å². The van der Waals surface area contributed by atoms with Crippen LogP contribution in [0, 0.1) is 12.3 Å². The zero-order chi connectivity index (χ0) is 30.6. The fourth-order valence-corrected chi connectivity index (χ4v) is 6.00. The van der Waals surface area contributed by atoms with Gasteiger partial charge in [0.2, 0.25) is 11.8 Å². The second-order valence-corrected chi connectivity index (χ2v) is 10.9. The molecule has 2 atom stereocenters. The van der Waals surface area contributed by atoms with Crippen molar-refractivity contribution in [2.75, 3.05) is 19.6 Å². The number of aromatic nitrogens is 1. The normalized spacial score (nSPS) is 18.7. The van der Waals surface area contributed by atoms with E-state index in [1.165, 1.54) is 9.91 Å². The topological polar surface area (TPSA) is 109 Å². The van der Waals surface area contributed by atoms with Crippen molar-refractivity contribution in [1.29, 1.82) is 0 Å². The summed E-state index contributed by atoms with van der Waals surface area (Å²) in [6.07, 6.45) is 6.82. The molecule has 2 saturated heterocycles. The number of carbonyl (C=O) groups excluding carboxylic acids is 3. The minimum Gasteiger partial charge on any atom is -0.508 e. The van der Waals surface area contributed by atoms with Crippen molar-refractivity contribution in [1.82, 2.24) is 30.1 Å². The van der Waals surface area contributed by atoms with Crippen molar-refractivity contribution in [3.8, 4) is 18.1 Å². The van der Waals surface area contributed by atoms with Crippen LogP contribution in [0.15, 0.2) is 91.1 Å². The van der Waals surface area contributed by atoms with Crippen molar-refractivity contribution in [3.63, 3.8) is 0 Å². The maximum absolute atomic E-state index is 14.2. The van der Waals surface area contributed by atoms with Crippen LogP contribution in [0.2, 0.25) is 0 Å². The molecule has 0 radical (unpaired) electrons. The predicted molar refractivity (Wildman–Crippen MR) is 164 cm³/mol. The molecule has 10 heteroatoms. The molecule has 10 nitrogen and oxygen atoms in total. The number of amides is 4. The van der Waals surface area contributed by atoms with Crippen molar-refractivity contribution in [2.24, 2.45) is 0 Å². The largest absolute Gasteiger partial charge is 0.508 e. The molecule has 3 aromatic carbocycles. The summed E-state index contributed by atoms with van der Waals surface area (Å²) >= 11 is 0. The zero-order valence-corrected chi connectivity index (χ0v) is 24.0. The number of aromatic hydroxyl groups is 1. The second kappa shape index (κ2) is 12.5. The van der Waals surface area contributed by atoms with Crippen molar-refractivity contribution >= 4 is 28.7 Å². The minimum atomic E-state index is -0.878. The average molecular weight is 589 g/mol. The highest BCUT2D eigenvalue weighted by atomic mass is 16.3. The number of hydrogen-bond acceptors (Lipinski definition) is 6. The van der Waals surface area contributed by atoms with E-state index in [0.29, 0.717) is 0 Å². The number of hydrogen-bond donors (Lipinski definition) is 2. The van der Waals surface area contributed by atoms with E-state index in [4.69, 9.17) is 6.42 Å². The maximum atomic E-state index is 14.2. The molecule has 0 spiro atoms. The summed E-state index contributed by atoms with van der Waals surface area (Å²) in [5.74, 6) is 2.16. The molecule has 0 saturated carbocycles. The van der Waals surface area contributed by atoms with Crippen LogP contribution in [-0.2, 0) is 29.1 Å². The van der Waals surface area contributed by atoms with E-state index in [9.17, 15) is 19.5 Å². The fourth-order valence-electron chi connectivity index (χ4n) is 6.00. The Morgan fingerprint density at radius 3 is 2.55 bits per heavy atom. The van der Waals surface area contributed by atoms with Crippen molar-refractivity contribution in [3.05, 3.63) is 108 Å². The van der Waals surface area contributed by atoms with Crippen LogP contribution in [0.1, 0.15) is 16.7 Å². The summed E-state index contributed by atoms with van der Waals surface area (Å²) in [4.78, 5) is 49.5. The fraction of sp³-hybridized carbons (Fsp3) is 0.235. The van der Waals surface area contributed by atoms with Gasteiger partial charge in [-0.25, -0.2) is 9.80 Å². The van der Waals surface area contributed by atoms with E-state index in [1.807, 2.05) is 60.7 Å². The molecule has 4 aromatic rings. The number of phenolic OH excluding ortho intramolecular Hbond substituents is 1. The molecule has 4 amide bonds. The number of fused-ring (bicyclic) bond motifs is 2. The summed E-state index contributed by atoms with van der Waals surface area (Å²) in [6.45, 7) is 0.533. The van der Waals surface area contributed by atoms with Gasteiger partial charge in [0, 0.05) is 31.1 Å². The van der Waals surface area contributed by atoms with Gasteiger partial charge >= 0.3 is 6.03 Å². The lowest BCUT2D eigenvalue weighted by Gasteiger charge is -2.55. The first kappa shape index (κ1) is 28.7. The molecule has 0 bridgehead atoms. The molecule has 2 aliphatic rings. The molecule has 6 rings (SSSR count). The average Bonchev–Trinajstić information content (AvgIpc) is 3.03. The number of phenols is 1. The quantitative estimate of drug-likeness (QED) is 0.321. The van der Waals surface area contributed by atoms with E-state index in [0.717, 1.165) is 27.6 Å². The number of piperazine rings is 1. The maximum Gasteiger partial charge on any atom is 0.334 e. The molecule has 2 N–H and O–H groups in total. The van der Waals surface area contributed by atoms with Gasteiger partial charge < -0.3 is 20.2 Å². The molecule has 2 unspecified atom stereocenters. The standard InChI is InChI=1S/C34H32N6O4/c1-2-18-38-23-32(42)39-30(19-24-13-15-27(41)16-14-24)33(43)37(21-26-10-6-12-29-28(26)11-7-17-35-29)22-31(39)40(38)34(44)36-20-25-8-4-3-5-9-25/h1,3-17,30-31,41H,18-23H2,(H,36,44). The van der Waals surface area contributed by atoms with Crippen LogP contribution in [0.3, 0.4) is 0 Å². The Morgan fingerprint density at radius 1 is 0.977 bits per heavy atom. The Labute approximate surface area is 255 Å². The predicted octanol–water partition coefficient (Wildman–Crippen LogP) is 3.12. The lowest BCUT2D eigenvalue weighted by molar-refractivity contribution is -0.189. The third-order valence-electron chi connectivity index (χ3n) is 8.06. The summed E-state index contributed by atoms with van der Waals surface area (Å²) in [5.41, 5.74) is 3.41. The van der Waals surface area contributed by atoms with Gasteiger partial charge in [-0.05, 0) is 41.0 Å². The van der Waals surface area contributed by atoms with Crippen LogP contribution in [0.4, 0.5) is 4.79 Å². The highest BCUT2D eigenvalue weighted by Crippen LogP contribution is 2.30. The van der Waals surface area contributed by atoms with Crippen LogP contribution in [0.25, 0.3) is 10.9 Å². The number of nitrogens with zero attached hydrogens (tertiary/aromatic N) is 5. The molecular formula is C34H32N6O4. The van der Waals surface area contributed by atoms with Crippen LogP contribution >= 0.6 is 0 Å². The smallest absolute Gasteiger partial charge is 0.334 e. The Kier molecular flexibility index (Phi) is 8.12. The molecule has 1 aromatic heterocycles. The second-order valence-electron chi connectivity index (χ2n) is 10.9. The van der Waals surface area contributed by atoms with Gasteiger partial charge in [0.15, 0.2) is 0 Å². The number of terminal acetylenes is 1. The van der Waals surface area contributed by atoms with Crippen molar-refractivity contribution in [2.45, 2.75) is 31.7 Å². The van der Waals surface area contributed by atoms with Crippen LogP contribution < -0.4 is 5.32 Å². The summed E-state index contributed by atoms with van der Waals surface area (Å²) < 4.78 is 0. The molecular weight excluding hydrogens is 556 g/mol. The highest BCUT2D eigenvalue weighted by molar-refractivity contribution is 5.92. The number of urea groups is 1. The van der Waals surface area contributed by atoms with Gasteiger partial charge in [0.05, 0.1) is 25.2 Å². The molecule has 0 aliphatic carbocycles. The van der Waals surface area contributed by atoms with Crippen molar-refractivity contribution < 1.29 is 19.5 Å².